The maximum absolute atomic E-state index is 11.2. The molecule has 0 bridgehead atoms. The van der Waals surface area contributed by atoms with Gasteiger partial charge in [-0.1, -0.05) is 30.3 Å². The molecule has 0 aliphatic heterocycles. The fourth-order valence-corrected chi connectivity index (χ4v) is 1.93. The number of hydrogen-bond acceptors (Lipinski definition) is 3. The van der Waals surface area contributed by atoms with Crippen LogP contribution < -0.4 is 9.47 Å². The first-order valence-electron chi connectivity index (χ1n) is 7.15. The van der Waals surface area contributed by atoms with Gasteiger partial charge < -0.3 is 14.6 Å². The van der Waals surface area contributed by atoms with Gasteiger partial charge in [0.05, 0.1) is 5.41 Å². The minimum Gasteiger partial charge on any atom is -0.490 e. The lowest BCUT2D eigenvalue weighted by molar-refractivity contribution is -0.142. The molecule has 0 aliphatic carbocycles. The second kappa shape index (κ2) is 6.98. The molecule has 2 aromatic carbocycles. The van der Waals surface area contributed by atoms with Crippen molar-refractivity contribution in [1.82, 2.24) is 0 Å². The van der Waals surface area contributed by atoms with Crippen molar-refractivity contribution in [2.75, 3.05) is 13.2 Å². The van der Waals surface area contributed by atoms with Crippen molar-refractivity contribution in [2.24, 2.45) is 0 Å². The fraction of sp³-hybridized carbons (Fsp3) is 0.278. The first kappa shape index (κ1) is 15.9. The minimum absolute atomic E-state index is 0.427. The van der Waals surface area contributed by atoms with Crippen LogP contribution in [0.2, 0.25) is 0 Å². The molecular formula is C18H20O4. The van der Waals surface area contributed by atoms with Crippen LogP contribution in [0.25, 0.3) is 0 Å². The number of ether oxygens (including phenoxy) is 2. The Labute approximate surface area is 130 Å². The monoisotopic (exact) mass is 300 g/mol. The Bertz CT molecular complexity index is 603. The Morgan fingerprint density at radius 2 is 1.41 bits per heavy atom. The van der Waals surface area contributed by atoms with Crippen molar-refractivity contribution in [3.05, 3.63) is 60.2 Å². The van der Waals surface area contributed by atoms with Crippen molar-refractivity contribution in [3.8, 4) is 11.5 Å². The molecule has 4 heteroatoms. The fourth-order valence-electron chi connectivity index (χ4n) is 1.93. The van der Waals surface area contributed by atoms with Gasteiger partial charge in [0.15, 0.2) is 0 Å². The van der Waals surface area contributed by atoms with Crippen LogP contribution in [0.4, 0.5) is 0 Å². The number of benzene rings is 2. The molecule has 2 aromatic rings. The molecule has 22 heavy (non-hydrogen) atoms. The number of para-hydroxylation sites is 1. The molecule has 4 nitrogen and oxygen atoms in total. The van der Waals surface area contributed by atoms with Crippen LogP contribution in [0.3, 0.4) is 0 Å². The Balaban J connectivity index is 1.83. The molecular weight excluding hydrogens is 280 g/mol. The first-order chi connectivity index (χ1) is 10.5. The number of aliphatic carboxylic acids is 1. The van der Waals surface area contributed by atoms with Crippen molar-refractivity contribution in [1.29, 1.82) is 0 Å². The van der Waals surface area contributed by atoms with Gasteiger partial charge in [0.2, 0.25) is 0 Å². The van der Waals surface area contributed by atoms with Gasteiger partial charge in [-0.25, -0.2) is 0 Å². The molecule has 0 spiro atoms. The molecule has 0 saturated carbocycles. The molecule has 2 rings (SSSR count). The van der Waals surface area contributed by atoms with Crippen LogP contribution in [0.5, 0.6) is 11.5 Å². The van der Waals surface area contributed by atoms with E-state index in [-0.39, 0.29) is 0 Å². The molecule has 0 aromatic heterocycles. The van der Waals surface area contributed by atoms with Crippen molar-refractivity contribution in [3.63, 3.8) is 0 Å². The largest absolute Gasteiger partial charge is 0.490 e. The molecule has 0 saturated heterocycles. The lowest BCUT2D eigenvalue weighted by Crippen LogP contribution is -2.28. The van der Waals surface area contributed by atoms with E-state index in [0.29, 0.717) is 19.0 Å². The quantitative estimate of drug-likeness (QED) is 0.795. The van der Waals surface area contributed by atoms with Gasteiger partial charge in [0.1, 0.15) is 24.7 Å². The highest BCUT2D eigenvalue weighted by molar-refractivity contribution is 5.80. The van der Waals surface area contributed by atoms with E-state index in [4.69, 9.17) is 9.47 Å². The predicted molar refractivity (Wildman–Crippen MR) is 84.5 cm³/mol. The zero-order valence-corrected chi connectivity index (χ0v) is 12.8. The van der Waals surface area contributed by atoms with E-state index in [0.717, 1.165) is 11.3 Å². The summed E-state index contributed by atoms with van der Waals surface area (Å²) in [6.07, 6.45) is 0. The van der Waals surface area contributed by atoms with Crippen LogP contribution in [0.15, 0.2) is 54.6 Å². The average Bonchev–Trinajstić information content (AvgIpc) is 2.53. The number of rotatable bonds is 7. The summed E-state index contributed by atoms with van der Waals surface area (Å²) in [6, 6.07) is 16.7. The Kier molecular flexibility index (Phi) is 5.04. The summed E-state index contributed by atoms with van der Waals surface area (Å²) >= 11 is 0. The molecule has 1 N–H and O–H groups in total. The zero-order valence-electron chi connectivity index (χ0n) is 12.8. The summed E-state index contributed by atoms with van der Waals surface area (Å²) in [5.74, 6) is 0.656. The van der Waals surface area contributed by atoms with E-state index in [1.807, 2.05) is 30.3 Å². The van der Waals surface area contributed by atoms with Crippen LogP contribution in [-0.4, -0.2) is 24.3 Å². The summed E-state index contributed by atoms with van der Waals surface area (Å²) in [6.45, 7) is 4.24. The van der Waals surface area contributed by atoms with E-state index >= 15 is 0 Å². The summed E-state index contributed by atoms with van der Waals surface area (Å²) < 4.78 is 11.1. The summed E-state index contributed by atoms with van der Waals surface area (Å²) in [4.78, 5) is 11.2. The Morgan fingerprint density at radius 1 is 0.909 bits per heavy atom. The highest BCUT2D eigenvalue weighted by Gasteiger charge is 2.29. The second-order valence-electron chi connectivity index (χ2n) is 5.46. The highest BCUT2D eigenvalue weighted by Crippen LogP contribution is 2.25. The average molecular weight is 300 g/mol. The minimum atomic E-state index is -0.908. The topological polar surface area (TPSA) is 55.8 Å². The van der Waals surface area contributed by atoms with Gasteiger partial charge in [-0.3, -0.25) is 4.79 Å². The third-order valence-corrected chi connectivity index (χ3v) is 3.47. The number of hydrogen-bond donors (Lipinski definition) is 1. The van der Waals surface area contributed by atoms with Gasteiger partial charge in [-0.05, 0) is 43.7 Å². The van der Waals surface area contributed by atoms with Crippen LogP contribution >= 0.6 is 0 Å². The summed E-state index contributed by atoms with van der Waals surface area (Å²) in [5, 5.41) is 9.20. The first-order valence-corrected chi connectivity index (χ1v) is 7.15. The third-order valence-electron chi connectivity index (χ3n) is 3.47. The Hall–Kier alpha value is -2.49. The van der Waals surface area contributed by atoms with Crippen molar-refractivity contribution in [2.45, 2.75) is 19.3 Å². The van der Waals surface area contributed by atoms with E-state index in [1.54, 1.807) is 38.1 Å². The standard InChI is InChI=1S/C18H20O4/c1-18(2,17(19)20)14-8-10-16(11-9-14)22-13-12-21-15-6-4-3-5-7-15/h3-11H,12-13H2,1-2H3,(H,19,20). The molecule has 0 heterocycles. The number of carboxylic acid groups (broad SMARTS) is 1. The smallest absolute Gasteiger partial charge is 0.313 e. The third kappa shape index (κ3) is 4.01. The van der Waals surface area contributed by atoms with E-state index in [9.17, 15) is 9.90 Å². The Morgan fingerprint density at radius 3 is 1.91 bits per heavy atom. The SMILES string of the molecule is CC(C)(C(=O)O)c1ccc(OCCOc2ccccc2)cc1. The van der Waals surface area contributed by atoms with Gasteiger partial charge in [-0.2, -0.15) is 0 Å². The van der Waals surface area contributed by atoms with Crippen molar-refractivity contribution >= 4 is 5.97 Å². The molecule has 0 aliphatic rings. The van der Waals surface area contributed by atoms with Gasteiger partial charge in [0.25, 0.3) is 0 Å². The number of carboxylic acids is 1. The molecule has 0 radical (unpaired) electrons. The molecule has 0 fully saturated rings. The lowest BCUT2D eigenvalue weighted by Gasteiger charge is -2.19. The predicted octanol–water partition coefficient (Wildman–Crippen LogP) is 3.51. The van der Waals surface area contributed by atoms with E-state index in [1.165, 1.54) is 0 Å². The zero-order chi connectivity index (χ0) is 16.0. The molecule has 0 atom stereocenters. The molecule has 116 valence electrons. The van der Waals surface area contributed by atoms with E-state index in [2.05, 4.69) is 0 Å². The van der Waals surface area contributed by atoms with Crippen LogP contribution in [0.1, 0.15) is 19.4 Å². The van der Waals surface area contributed by atoms with E-state index < -0.39 is 11.4 Å². The summed E-state index contributed by atoms with van der Waals surface area (Å²) in [5.41, 5.74) is -0.164. The van der Waals surface area contributed by atoms with Gasteiger partial charge >= 0.3 is 5.97 Å². The summed E-state index contributed by atoms with van der Waals surface area (Å²) in [7, 11) is 0. The lowest BCUT2D eigenvalue weighted by atomic mass is 9.85. The van der Waals surface area contributed by atoms with Crippen LogP contribution in [-0.2, 0) is 10.2 Å². The molecule has 0 amide bonds. The maximum atomic E-state index is 11.2. The number of carbonyl (C=O) groups is 1. The van der Waals surface area contributed by atoms with Gasteiger partial charge in [0, 0.05) is 0 Å². The van der Waals surface area contributed by atoms with Gasteiger partial charge in [-0.15, -0.1) is 0 Å². The van der Waals surface area contributed by atoms with Crippen LogP contribution in [0, 0.1) is 0 Å². The second-order valence-corrected chi connectivity index (χ2v) is 5.46. The maximum Gasteiger partial charge on any atom is 0.313 e. The normalized spacial score (nSPS) is 11.0. The molecule has 0 unspecified atom stereocenters. The van der Waals surface area contributed by atoms with Crippen molar-refractivity contribution < 1.29 is 19.4 Å². The highest BCUT2D eigenvalue weighted by atomic mass is 16.5.